The minimum atomic E-state index is -0.132. The maximum atomic E-state index is 13.6. The zero-order valence-electron chi connectivity index (χ0n) is 13.3. The van der Waals surface area contributed by atoms with Gasteiger partial charge in [-0.15, -0.1) is 0 Å². The molecule has 0 aliphatic carbocycles. The third-order valence-corrected chi connectivity index (χ3v) is 4.02. The molecule has 0 amide bonds. The van der Waals surface area contributed by atoms with Crippen LogP contribution in [0.5, 0.6) is 0 Å². The Hall–Kier alpha value is -1.67. The fourth-order valence-electron chi connectivity index (χ4n) is 2.63. The predicted molar refractivity (Wildman–Crippen MR) is 87.0 cm³/mol. The van der Waals surface area contributed by atoms with Crippen molar-refractivity contribution < 1.29 is 4.39 Å². The Labute approximate surface area is 127 Å². The van der Waals surface area contributed by atoms with E-state index in [1.54, 1.807) is 13.0 Å². The fourth-order valence-corrected chi connectivity index (χ4v) is 2.63. The van der Waals surface area contributed by atoms with E-state index in [9.17, 15) is 4.39 Å². The summed E-state index contributed by atoms with van der Waals surface area (Å²) in [7, 11) is 0. The van der Waals surface area contributed by atoms with Gasteiger partial charge >= 0.3 is 0 Å². The summed E-state index contributed by atoms with van der Waals surface area (Å²) in [6.07, 6.45) is 0.978. The molecule has 1 nitrogen and oxygen atoms in total. The van der Waals surface area contributed by atoms with Gasteiger partial charge in [0.15, 0.2) is 0 Å². The molecule has 1 N–H and O–H groups in total. The maximum Gasteiger partial charge on any atom is 0.126 e. The molecule has 2 aromatic carbocycles. The molecule has 2 unspecified atom stereocenters. The van der Waals surface area contributed by atoms with Gasteiger partial charge in [0.25, 0.3) is 0 Å². The summed E-state index contributed by atoms with van der Waals surface area (Å²) >= 11 is 0. The first-order valence-corrected chi connectivity index (χ1v) is 7.54. The monoisotopic (exact) mass is 285 g/mol. The first kappa shape index (κ1) is 15.7. The van der Waals surface area contributed by atoms with E-state index < -0.39 is 0 Å². The second-order valence-electron chi connectivity index (χ2n) is 5.93. The molecule has 0 saturated carbocycles. The smallest absolute Gasteiger partial charge is 0.126 e. The molecule has 2 rings (SSSR count). The maximum absolute atomic E-state index is 13.6. The van der Waals surface area contributed by atoms with E-state index >= 15 is 0 Å². The zero-order chi connectivity index (χ0) is 15.4. The molecule has 0 heterocycles. The molecule has 0 aliphatic heterocycles. The second-order valence-corrected chi connectivity index (χ2v) is 5.93. The zero-order valence-corrected chi connectivity index (χ0v) is 13.3. The van der Waals surface area contributed by atoms with E-state index in [4.69, 9.17) is 0 Å². The van der Waals surface area contributed by atoms with Gasteiger partial charge in [-0.3, -0.25) is 0 Å². The number of hydrogen-bond acceptors (Lipinski definition) is 1. The number of benzene rings is 2. The highest BCUT2D eigenvalue weighted by atomic mass is 19.1. The molecule has 112 valence electrons. The third-order valence-electron chi connectivity index (χ3n) is 4.02. The lowest BCUT2D eigenvalue weighted by molar-refractivity contribution is 0.474. The Morgan fingerprint density at radius 1 is 1.00 bits per heavy atom. The number of rotatable bonds is 5. The van der Waals surface area contributed by atoms with Gasteiger partial charge in [0, 0.05) is 12.1 Å². The molecule has 2 heteroatoms. The Morgan fingerprint density at radius 2 is 1.71 bits per heavy atom. The summed E-state index contributed by atoms with van der Waals surface area (Å²) in [5, 5.41) is 3.55. The first-order valence-electron chi connectivity index (χ1n) is 7.54. The van der Waals surface area contributed by atoms with Crippen LogP contribution in [-0.2, 0) is 6.42 Å². The third kappa shape index (κ3) is 4.15. The molecule has 0 aromatic heterocycles. The lowest BCUT2D eigenvalue weighted by atomic mass is 10.00. The Balaban J connectivity index is 2.00. The molecular formula is C19H24FN. The molecule has 0 spiro atoms. The molecule has 0 bridgehead atoms. The van der Waals surface area contributed by atoms with Gasteiger partial charge < -0.3 is 5.32 Å². The van der Waals surface area contributed by atoms with E-state index in [1.165, 1.54) is 11.1 Å². The van der Waals surface area contributed by atoms with Crippen LogP contribution in [0.25, 0.3) is 0 Å². The van der Waals surface area contributed by atoms with Crippen LogP contribution < -0.4 is 5.32 Å². The van der Waals surface area contributed by atoms with Crippen LogP contribution in [0.3, 0.4) is 0 Å². The van der Waals surface area contributed by atoms with Crippen molar-refractivity contribution in [3.8, 4) is 0 Å². The van der Waals surface area contributed by atoms with E-state index in [2.05, 4.69) is 50.4 Å². The van der Waals surface area contributed by atoms with Crippen molar-refractivity contribution >= 4 is 0 Å². The minimum Gasteiger partial charge on any atom is -0.307 e. The van der Waals surface area contributed by atoms with Crippen LogP contribution in [-0.4, -0.2) is 6.04 Å². The van der Waals surface area contributed by atoms with Gasteiger partial charge in [-0.2, -0.15) is 0 Å². The average Bonchev–Trinajstić information content (AvgIpc) is 2.44. The quantitative estimate of drug-likeness (QED) is 0.838. The summed E-state index contributed by atoms with van der Waals surface area (Å²) in [6, 6.07) is 14.4. The van der Waals surface area contributed by atoms with Crippen LogP contribution in [0, 0.1) is 19.7 Å². The van der Waals surface area contributed by atoms with Gasteiger partial charge in [-0.25, -0.2) is 4.39 Å². The number of halogens is 1. The second kappa shape index (κ2) is 6.86. The number of nitrogens with one attached hydrogen (secondary N) is 1. The highest BCUT2D eigenvalue weighted by Crippen LogP contribution is 2.18. The van der Waals surface area contributed by atoms with E-state index in [-0.39, 0.29) is 11.9 Å². The van der Waals surface area contributed by atoms with Crippen LogP contribution in [0.2, 0.25) is 0 Å². The molecular weight excluding hydrogens is 261 g/mol. The Kier molecular flexibility index (Phi) is 5.13. The lowest BCUT2D eigenvalue weighted by Crippen LogP contribution is -2.31. The molecule has 0 radical (unpaired) electrons. The number of aryl methyl sites for hydroxylation is 2. The molecule has 21 heavy (non-hydrogen) atoms. The van der Waals surface area contributed by atoms with Gasteiger partial charge in [-0.1, -0.05) is 36.4 Å². The molecule has 0 saturated heterocycles. The summed E-state index contributed by atoms with van der Waals surface area (Å²) in [5.74, 6) is -0.132. The SMILES string of the molecule is Cc1ccc(C(C)NC(C)Cc2ccccc2C)cc1F. The molecule has 0 aliphatic rings. The van der Waals surface area contributed by atoms with Gasteiger partial charge in [0.1, 0.15) is 5.82 Å². The van der Waals surface area contributed by atoms with Crippen LogP contribution in [0.4, 0.5) is 4.39 Å². The summed E-state index contributed by atoms with van der Waals surface area (Å²) < 4.78 is 13.6. The highest BCUT2D eigenvalue weighted by molar-refractivity contribution is 5.27. The summed E-state index contributed by atoms with van der Waals surface area (Å²) in [4.78, 5) is 0. The van der Waals surface area contributed by atoms with E-state index in [1.807, 2.05) is 12.1 Å². The lowest BCUT2D eigenvalue weighted by Gasteiger charge is -2.21. The standard InChI is InChI=1S/C19H24FN/c1-13-7-5-6-8-17(13)11-15(3)21-16(4)18-10-9-14(2)19(20)12-18/h5-10,12,15-16,21H,11H2,1-4H3. The molecule has 0 fully saturated rings. The van der Waals surface area contributed by atoms with Crippen molar-refractivity contribution in [1.29, 1.82) is 0 Å². The van der Waals surface area contributed by atoms with Crippen molar-refractivity contribution in [1.82, 2.24) is 5.32 Å². The Morgan fingerprint density at radius 3 is 2.38 bits per heavy atom. The van der Waals surface area contributed by atoms with Gasteiger partial charge in [0.2, 0.25) is 0 Å². The summed E-state index contributed by atoms with van der Waals surface area (Å²) in [6.45, 7) is 8.19. The van der Waals surface area contributed by atoms with Crippen LogP contribution in [0.1, 0.15) is 42.1 Å². The van der Waals surface area contributed by atoms with Crippen molar-refractivity contribution in [2.45, 2.75) is 46.2 Å². The van der Waals surface area contributed by atoms with Crippen LogP contribution in [0.15, 0.2) is 42.5 Å². The van der Waals surface area contributed by atoms with Crippen LogP contribution >= 0.6 is 0 Å². The van der Waals surface area contributed by atoms with Gasteiger partial charge in [-0.05, 0) is 62.4 Å². The molecule has 2 atom stereocenters. The van der Waals surface area contributed by atoms with Crippen molar-refractivity contribution in [3.63, 3.8) is 0 Å². The largest absolute Gasteiger partial charge is 0.307 e. The van der Waals surface area contributed by atoms with Crippen molar-refractivity contribution in [2.24, 2.45) is 0 Å². The summed E-state index contributed by atoms with van der Waals surface area (Å²) in [5.41, 5.74) is 4.37. The topological polar surface area (TPSA) is 12.0 Å². The fraction of sp³-hybridized carbons (Fsp3) is 0.368. The van der Waals surface area contributed by atoms with Crippen molar-refractivity contribution in [2.75, 3.05) is 0 Å². The van der Waals surface area contributed by atoms with Gasteiger partial charge in [0.05, 0.1) is 0 Å². The Bertz CT molecular complexity index is 606. The van der Waals surface area contributed by atoms with E-state index in [0.717, 1.165) is 12.0 Å². The van der Waals surface area contributed by atoms with Crippen molar-refractivity contribution in [3.05, 3.63) is 70.5 Å². The number of hydrogen-bond donors (Lipinski definition) is 1. The van der Waals surface area contributed by atoms with E-state index in [0.29, 0.717) is 11.6 Å². The molecule has 2 aromatic rings. The minimum absolute atomic E-state index is 0.132. The average molecular weight is 285 g/mol. The highest BCUT2D eigenvalue weighted by Gasteiger charge is 2.12. The predicted octanol–water partition coefficient (Wildman–Crippen LogP) is 4.72. The first-order chi connectivity index (χ1) is 9.97. The normalized spacial score (nSPS) is 14.0.